The van der Waals surface area contributed by atoms with Gasteiger partial charge in [-0.3, -0.25) is 39.1 Å². The molecule has 5 saturated heterocycles. The highest BCUT2D eigenvalue weighted by atomic mass is 16.8. The van der Waals surface area contributed by atoms with Gasteiger partial charge in [0.05, 0.1) is 58.8 Å². The zero-order valence-electron chi connectivity index (χ0n) is 42.9. The number of aliphatic hydroxyl groups excluding tert-OH is 13. The van der Waals surface area contributed by atoms with Crippen molar-refractivity contribution in [2.75, 3.05) is 72.3 Å². The lowest BCUT2D eigenvalue weighted by Gasteiger charge is -2.46. The van der Waals surface area contributed by atoms with Gasteiger partial charge in [-0.15, -0.1) is 10.0 Å². The Morgan fingerprint density at radius 3 is 1.70 bits per heavy atom. The molecule has 5 aliphatic rings. The second kappa shape index (κ2) is 32.0. The van der Waals surface area contributed by atoms with Gasteiger partial charge in [0.2, 0.25) is 17.7 Å². The number of imide groups is 1. The Kier molecular flexibility index (Phi) is 26.7. The van der Waals surface area contributed by atoms with Gasteiger partial charge in [-0.2, -0.15) is 0 Å². The Hall–Kier alpha value is -3.94. The molecule has 5 heterocycles. The molecule has 0 bridgehead atoms. The molecule has 0 radical (unpaired) electrons. The van der Waals surface area contributed by atoms with Crippen molar-refractivity contribution in [2.45, 2.75) is 168 Å². The fraction of sp³-hybridized carbons (Fsp3) is 0.864. The van der Waals surface area contributed by atoms with Crippen LogP contribution in [0.1, 0.15) is 45.4 Å². The molecule has 5 aliphatic heterocycles. The molecule has 6 amide bonds. The molecule has 0 aliphatic carbocycles. The lowest BCUT2D eigenvalue weighted by Crippen LogP contribution is -2.65. The molecule has 35 nitrogen and oxygen atoms in total. The van der Waals surface area contributed by atoms with Gasteiger partial charge >= 0.3 is 0 Å². The van der Waals surface area contributed by atoms with Gasteiger partial charge in [0.25, 0.3) is 17.7 Å². The van der Waals surface area contributed by atoms with Gasteiger partial charge in [-0.1, -0.05) is 6.42 Å². The van der Waals surface area contributed by atoms with Gasteiger partial charge in [0.15, 0.2) is 25.2 Å². The van der Waals surface area contributed by atoms with E-state index in [0.29, 0.717) is 24.3 Å². The number of aliphatic hydroxyl groups is 13. The number of hydrazine groups is 1. The topological polar surface area (TPSA) is 515 Å². The fourth-order valence-electron chi connectivity index (χ4n) is 8.53. The number of hydrogen-bond donors (Lipinski definition) is 18. The molecule has 0 aromatic rings. The van der Waals surface area contributed by atoms with Crippen molar-refractivity contribution in [1.82, 2.24) is 36.9 Å². The minimum absolute atomic E-state index is 0.0525. The van der Waals surface area contributed by atoms with Gasteiger partial charge < -0.3 is 115 Å². The zero-order valence-corrected chi connectivity index (χ0v) is 42.9. The number of hydroxylamine groups is 3. The second-order valence-electron chi connectivity index (χ2n) is 19.1. The molecule has 0 spiro atoms. The molecule has 5 rings (SSSR count). The van der Waals surface area contributed by atoms with Crippen molar-refractivity contribution in [1.29, 1.82) is 0 Å². The lowest BCUT2D eigenvalue weighted by atomic mass is 9.96. The molecule has 79 heavy (non-hydrogen) atoms. The van der Waals surface area contributed by atoms with E-state index in [1.807, 2.05) is 5.48 Å². The molecule has 454 valence electrons. The minimum atomic E-state index is -1.99. The van der Waals surface area contributed by atoms with E-state index in [1.165, 1.54) is 6.92 Å². The number of carbonyl (C=O) groups excluding carboxylic acids is 6. The predicted molar refractivity (Wildman–Crippen MR) is 251 cm³/mol. The summed E-state index contributed by atoms with van der Waals surface area (Å²) in [6.45, 7) is -3.21. The molecular formula is C44H75N7O28. The molecule has 0 unspecified atom stereocenters. The Morgan fingerprint density at radius 1 is 0.544 bits per heavy atom. The third-order valence-corrected chi connectivity index (χ3v) is 13.1. The average Bonchev–Trinajstić information content (AvgIpc) is 3.84. The summed E-state index contributed by atoms with van der Waals surface area (Å²) < 4.78 is 44.1. The SMILES string of the molecule is C[C@@H]1O[C@@H](OCCNC(=O)CCCCCNC(=O)CN(CC(=O)NNCCO[C@H]2O[C@H](CO[C@H]3O[C@H](CO)[C@@H](O)[C@H](O)[C@@H]3O)[C@@H](O)[C@H](O[C@H]3O[C@H](CO)[C@@H](O)[C@H](O)[C@@H]3O)[C@@H]2O)CC(=O)NON2C(=O)CCC2=O)[C@@H](O)[C@H](O)[C@@H]1O. The Bertz CT molecular complexity index is 1940. The monoisotopic (exact) mass is 1150 g/mol. The van der Waals surface area contributed by atoms with Crippen molar-refractivity contribution < 1.29 is 138 Å². The summed E-state index contributed by atoms with van der Waals surface area (Å²) in [7, 11) is 0. The summed E-state index contributed by atoms with van der Waals surface area (Å²) in [5, 5.41) is 139. The first-order chi connectivity index (χ1) is 37.6. The van der Waals surface area contributed by atoms with Crippen LogP contribution in [0.15, 0.2) is 0 Å². The molecule has 35 heteroatoms. The van der Waals surface area contributed by atoms with Gasteiger partial charge in [-0.05, 0) is 19.8 Å². The highest BCUT2D eigenvalue weighted by molar-refractivity contribution is 6.00. The van der Waals surface area contributed by atoms with Crippen molar-refractivity contribution in [3.05, 3.63) is 0 Å². The molecule has 0 aromatic heterocycles. The lowest BCUT2D eigenvalue weighted by molar-refractivity contribution is -0.366. The molecule has 0 saturated carbocycles. The molecule has 5 fully saturated rings. The van der Waals surface area contributed by atoms with E-state index in [9.17, 15) is 95.2 Å². The number of unbranched alkanes of at least 4 members (excludes halogenated alkanes) is 2. The van der Waals surface area contributed by atoms with Crippen LogP contribution in [0, 0.1) is 0 Å². The van der Waals surface area contributed by atoms with Crippen LogP contribution in [0.5, 0.6) is 0 Å². The van der Waals surface area contributed by atoms with Crippen LogP contribution in [0.25, 0.3) is 0 Å². The third kappa shape index (κ3) is 18.8. The number of carbonyl (C=O) groups is 6. The molecule has 18 N–H and O–H groups in total. The average molecular weight is 1150 g/mol. The van der Waals surface area contributed by atoms with Crippen molar-refractivity contribution in [3.8, 4) is 0 Å². The van der Waals surface area contributed by atoms with E-state index in [4.69, 9.17) is 42.8 Å². The smallest absolute Gasteiger partial charge is 0.259 e. The van der Waals surface area contributed by atoms with Crippen LogP contribution in [0.4, 0.5) is 0 Å². The number of hydrogen-bond acceptors (Lipinski definition) is 30. The first-order valence-corrected chi connectivity index (χ1v) is 25.5. The first kappa shape index (κ1) is 65.9. The van der Waals surface area contributed by atoms with E-state index >= 15 is 0 Å². The summed E-state index contributed by atoms with van der Waals surface area (Å²) in [6.07, 6.45) is -31.6. The largest absolute Gasteiger partial charge is 0.394 e. The molecular weight excluding hydrogens is 1070 g/mol. The number of nitrogens with zero attached hydrogens (tertiary/aromatic N) is 2. The van der Waals surface area contributed by atoms with E-state index in [2.05, 4.69) is 21.5 Å². The van der Waals surface area contributed by atoms with Gasteiger partial charge in [0, 0.05) is 38.9 Å². The van der Waals surface area contributed by atoms with Crippen LogP contribution in [0.3, 0.4) is 0 Å². The van der Waals surface area contributed by atoms with Crippen LogP contribution >= 0.6 is 0 Å². The van der Waals surface area contributed by atoms with Gasteiger partial charge in [0.1, 0.15) is 91.6 Å². The first-order valence-electron chi connectivity index (χ1n) is 25.5. The minimum Gasteiger partial charge on any atom is -0.394 e. The fourth-order valence-corrected chi connectivity index (χ4v) is 8.53. The molecule has 20 atom stereocenters. The number of nitrogens with one attached hydrogen (secondary N) is 5. The van der Waals surface area contributed by atoms with Crippen LogP contribution in [-0.2, 0) is 71.6 Å². The number of amides is 6. The maximum atomic E-state index is 13.1. The maximum absolute atomic E-state index is 13.1. The van der Waals surface area contributed by atoms with Gasteiger partial charge in [-0.25, -0.2) is 10.9 Å². The maximum Gasteiger partial charge on any atom is 0.259 e. The third-order valence-electron chi connectivity index (χ3n) is 13.1. The zero-order chi connectivity index (χ0) is 58.1. The number of ether oxygens (including phenoxy) is 8. The van der Waals surface area contributed by atoms with Crippen molar-refractivity contribution >= 4 is 35.4 Å². The highest BCUT2D eigenvalue weighted by Crippen LogP contribution is 2.31. The summed E-state index contributed by atoms with van der Waals surface area (Å²) in [5.41, 5.74) is 6.77. The van der Waals surface area contributed by atoms with Crippen molar-refractivity contribution in [3.63, 3.8) is 0 Å². The standard InChI is InChI=1S/C44H75N7O28/c1-19-29(60)33(64)36(67)41(74-19)71-11-9-46-23(54)5-3-2-4-8-45-24(55)13-50(15-26(57)49-79-51-27(58)6-7-28(51)59)14-25(56)48-47-10-12-72-43-39(70)40(78-44-38(69)35(66)31(62)21(17-53)76-44)32(63)22(77-43)18-73-42-37(68)34(65)30(61)20(16-52)75-42/h19-22,29-44,47,52-53,60-70H,2-18H2,1H3,(H,45,55)(H,46,54)(H,48,56)(H,49,57)/t19-,20+,21+,22+,29+,30+,31+,32+,33+,34-,35-,36-,37-,38-,39-,40-,41+,42-,43-,44+/m0/s1. The van der Waals surface area contributed by atoms with Crippen molar-refractivity contribution in [2.24, 2.45) is 0 Å². The van der Waals surface area contributed by atoms with Crippen LogP contribution < -0.4 is 27.0 Å². The quantitative estimate of drug-likeness (QED) is 0.0180. The highest BCUT2D eigenvalue weighted by Gasteiger charge is 2.52. The van der Waals surface area contributed by atoms with E-state index in [-0.39, 0.29) is 51.4 Å². The number of rotatable bonds is 30. The van der Waals surface area contributed by atoms with Crippen LogP contribution in [0.2, 0.25) is 0 Å². The normalized spacial score (nSPS) is 36.1. The predicted octanol–water partition coefficient (Wildman–Crippen LogP) is -11.9. The van der Waals surface area contributed by atoms with E-state index in [1.54, 1.807) is 0 Å². The van der Waals surface area contributed by atoms with E-state index in [0.717, 1.165) is 4.90 Å². The Labute approximate surface area is 450 Å². The Morgan fingerprint density at radius 2 is 1.06 bits per heavy atom. The van der Waals surface area contributed by atoms with Crippen LogP contribution in [-0.4, -0.2) is 307 Å². The summed E-state index contributed by atoms with van der Waals surface area (Å²) in [5.74, 6) is -4.14. The Balaban J connectivity index is 1.09. The summed E-state index contributed by atoms with van der Waals surface area (Å²) >= 11 is 0. The van der Waals surface area contributed by atoms with E-state index < -0.39 is 198 Å². The second-order valence-corrected chi connectivity index (χ2v) is 19.1. The molecule has 0 aromatic carbocycles. The summed E-state index contributed by atoms with van der Waals surface area (Å²) in [6, 6.07) is 0. The summed E-state index contributed by atoms with van der Waals surface area (Å²) in [4.78, 5) is 81.0.